The lowest BCUT2D eigenvalue weighted by Gasteiger charge is -2.10. The molecule has 0 fully saturated rings. The van der Waals surface area contributed by atoms with Gasteiger partial charge in [-0.05, 0) is 12.1 Å². The van der Waals surface area contributed by atoms with Gasteiger partial charge in [-0.2, -0.15) is 0 Å². The highest BCUT2D eigenvalue weighted by Gasteiger charge is 2.23. The molecule has 1 heterocycles. The van der Waals surface area contributed by atoms with Crippen LogP contribution in [0, 0.1) is 0 Å². The molecule has 0 saturated carbocycles. The molecule has 3 rings (SSSR count). The Bertz CT molecular complexity index is 1030. The highest BCUT2D eigenvalue weighted by molar-refractivity contribution is 5.91. The van der Waals surface area contributed by atoms with E-state index in [-0.39, 0.29) is 11.1 Å². The average Bonchev–Trinajstić information content (AvgIpc) is 2.53. The first kappa shape index (κ1) is 15.2. The van der Waals surface area contributed by atoms with Crippen molar-refractivity contribution in [1.29, 1.82) is 0 Å². The van der Waals surface area contributed by atoms with E-state index < -0.39 is 56.8 Å². The standard InChI is InChI=1S/C15H10O9/c16-5-1-4(2-6(17)10(5)19)15-14(23)13(22)9-8(24-15)3-7(18)11(20)12(9)21/h1-3,16-21,23H. The Kier molecular flexibility index (Phi) is 3.08. The number of rotatable bonds is 1. The summed E-state index contributed by atoms with van der Waals surface area (Å²) in [6, 6.07) is 2.67. The van der Waals surface area contributed by atoms with E-state index >= 15 is 0 Å². The van der Waals surface area contributed by atoms with Crippen LogP contribution in [0.3, 0.4) is 0 Å². The summed E-state index contributed by atoms with van der Waals surface area (Å²) < 4.78 is 5.24. The number of phenolic OH excluding ortho intramolecular Hbond substituents is 6. The molecular formula is C15H10O9. The van der Waals surface area contributed by atoms with Gasteiger partial charge in [0.2, 0.25) is 16.9 Å². The van der Waals surface area contributed by atoms with Crippen LogP contribution >= 0.6 is 0 Å². The second-order valence-corrected chi connectivity index (χ2v) is 4.94. The summed E-state index contributed by atoms with van der Waals surface area (Å²) in [5, 5.41) is 66.5. The second-order valence-electron chi connectivity index (χ2n) is 4.94. The summed E-state index contributed by atoms with van der Waals surface area (Å²) in [4.78, 5) is 12.2. The van der Waals surface area contributed by atoms with Crippen molar-refractivity contribution in [2.45, 2.75) is 0 Å². The van der Waals surface area contributed by atoms with Crippen LogP contribution in [0.1, 0.15) is 0 Å². The molecule has 9 heteroatoms. The Balaban J connectivity index is 2.41. The van der Waals surface area contributed by atoms with Gasteiger partial charge in [0.1, 0.15) is 11.0 Å². The summed E-state index contributed by atoms with van der Waals surface area (Å²) in [7, 11) is 0. The molecule has 1 aromatic heterocycles. The molecule has 24 heavy (non-hydrogen) atoms. The summed E-state index contributed by atoms with van der Waals surface area (Å²) in [5.74, 6) is -6.45. The minimum absolute atomic E-state index is 0.161. The molecule has 0 bridgehead atoms. The number of aromatic hydroxyl groups is 7. The molecule has 3 aromatic rings. The zero-order chi connectivity index (χ0) is 17.8. The Morgan fingerprint density at radius 1 is 0.667 bits per heavy atom. The lowest BCUT2D eigenvalue weighted by Crippen LogP contribution is -2.03. The van der Waals surface area contributed by atoms with Crippen LogP contribution in [-0.4, -0.2) is 35.7 Å². The Hall–Kier alpha value is -3.75. The third-order valence-corrected chi connectivity index (χ3v) is 3.42. The highest BCUT2D eigenvalue weighted by atomic mass is 16.4. The maximum absolute atomic E-state index is 12.2. The molecule has 0 unspecified atom stereocenters. The quantitative estimate of drug-likeness (QED) is 0.325. The fourth-order valence-electron chi connectivity index (χ4n) is 2.23. The van der Waals surface area contributed by atoms with Gasteiger partial charge in [0, 0.05) is 11.6 Å². The maximum atomic E-state index is 12.2. The second kappa shape index (κ2) is 4.88. The summed E-state index contributed by atoms with van der Waals surface area (Å²) in [6.07, 6.45) is 0. The summed E-state index contributed by atoms with van der Waals surface area (Å²) >= 11 is 0. The number of hydrogen-bond acceptors (Lipinski definition) is 9. The molecule has 2 aromatic carbocycles. The van der Waals surface area contributed by atoms with Crippen LogP contribution in [0.5, 0.6) is 40.2 Å². The van der Waals surface area contributed by atoms with E-state index in [4.69, 9.17) is 4.42 Å². The Labute approximate surface area is 132 Å². The molecule has 124 valence electrons. The minimum atomic E-state index is -1.12. The average molecular weight is 334 g/mol. The minimum Gasteiger partial charge on any atom is -0.504 e. The number of fused-ring (bicyclic) bond motifs is 1. The normalized spacial score (nSPS) is 11.0. The molecule has 0 spiro atoms. The van der Waals surface area contributed by atoms with Gasteiger partial charge in [-0.3, -0.25) is 4.79 Å². The van der Waals surface area contributed by atoms with Crippen molar-refractivity contribution in [3.63, 3.8) is 0 Å². The van der Waals surface area contributed by atoms with Crippen molar-refractivity contribution in [2.24, 2.45) is 0 Å². The molecule has 0 aliphatic heterocycles. The van der Waals surface area contributed by atoms with Gasteiger partial charge in [0.25, 0.3) is 0 Å². The molecule has 7 N–H and O–H groups in total. The fourth-order valence-corrected chi connectivity index (χ4v) is 2.23. The zero-order valence-electron chi connectivity index (χ0n) is 11.7. The van der Waals surface area contributed by atoms with Gasteiger partial charge >= 0.3 is 0 Å². The monoisotopic (exact) mass is 334 g/mol. The number of benzene rings is 2. The largest absolute Gasteiger partial charge is 0.504 e. The van der Waals surface area contributed by atoms with Crippen molar-refractivity contribution < 1.29 is 40.2 Å². The van der Waals surface area contributed by atoms with Crippen molar-refractivity contribution in [3.8, 4) is 51.6 Å². The molecule has 0 amide bonds. The molecule has 0 atom stereocenters. The van der Waals surface area contributed by atoms with Crippen LogP contribution in [0.25, 0.3) is 22.3 Å². The maximum Gasteiger partial charge on any atom is 0.238 e. The van der Waals surface area contributed by atoms with E-state index in [1.807, 2.05) is 0 Å². The third-order valence-electron chi connectivity index (χ3n) is 3.42. The van der Waals surface area contributed by atoms with Crippen LogP contribution in [-0.2, 0) is 0 Å². The SMILES string of the molecule is O=c1c(O)c(-c2cc(O)c(O)c(O)c2)oc2cc(O)c(O)c(O)c12. The number of hydrogen-bond donors (Lipinski definition) is 7. The van der Waals surface area contributed by atoms with E-state index in [0.717, 1.165) is 18.2 Å². The van der Waals surface area contributed by atoms with Gasteiger partial charge < -0.3 is 40.2 Å². The summed E-state index contributed by atoms with van der Waals surface area (Å²) in [5.41, 5.74) is -1.65. The van der Waals surface area contributed by atoms with Gasteiger partial charge in [-0.15, -0.1) is 0 Å². The Morgan fingerprint density at radius 2 is 1.21 bits per heavy atom. The number of phenols is 6. The third kappa shape index (κ3) is 1.99. The molecule has 0 aliphatic carbocycles. The predicted molar refractivity (Wildman–Crippen MR) is 79.6 cm³/mol. The van der Waals surface area contributed by atoms with Crippen molar-refractivity contribution >= 4 is 11.0 Å². The lowest BCUT2D eigenvalue weighted by molar-refractivity contribution is 0.367. The first-order valence-electron chi connectivity index (χ1n) is 6.41. The van der Waals surface area contributed by atoms with Crippen molar-refractivity contribution in [2.75, 3.05) is 0 Å². The van der Waals surface area contributed by atoms with Crippen LogP contribution < -0.4 is 5.43 Å². The fraction of sp³-hybridized carbons (Fsp3) is 0. The van der Waals surface area contributed by atoms with Crippen LogP contribution in [0.4, 0.5) is 0 Å². The van der Waals surface area contributed by atoms with Crippen LogP contribution in [0.2, 0.25) is 0 Å². The smallest absolute Gasteiger partial charge is 0.238 e. The van der Waals surface area contributed by atoms with Gasteiger partial charge in [-0.1, -0.05) is 0 Å². The zero-order valence-corrected chi connectivity index (χ0v) is 11.7. The molecule has 0 aliphatic rings. The van der Waals surface area contributed by atoms with Crippen molar-refractivity contribution in [3.05, 3.63) is 28.4 Å². The van der Waals surface area contributed by atoms with E-state index in [9.17, 15) is 40.5 Å². The van der Waals surface area contributed by atoms with E-state index in [1.165, 1.54) is 0 Å². The van der Waals surface area contributed by atoms with Crippen molar-refractivity contribution in [1.82, 2.24) is 0 Å². The van der Waals surface area contributed by atoms with Gasteiger partial charge in [0.15, 0.2) is 34.5 Å². The van der Waals surface area contributed by atoms with Crippen LogP contribution in [0.15, 0.2) is 27.4 Å². The first-order valence-corrected chi connectivity index (χ1v) is 6.41. The first-order chi connectivity index (χ1) is 11.2. The topological polar surface area (TPSA) is 172 Å². The predicted octanol–water partition coefficient (Wildman–Crippen LogP) is 1.40. The van der Waals surface area contributed by atoms with Gasteiger partial charge in [0.05, 0.1) is 0 Å². The van der Waals surface area contributed by atoms with E-state index in [2.05, 4.69) is 0 Å². The van der Waals surface area contributed by atoms with E-state index in [1.54, 1.807) is 0 Å². The lowest BCUT2D eigenvalue weighted by atomic mass is 10.1. The summed E-state index contributed by atoms with van der Waals surface area (Å²) in [6.45, 7) is 0. The molecule has 9 nitrogen and oxygen atoms in total. The Morgan fingerprint density at radius 3 is 1.79 bits per heavy atom. The van der Waals surface area contributed by atoms with E-state index in [0.29, 0.717) is 0 Å². The van der Waals surface area contributed by atoms with Gasteiger partial charge in [-0.25, -0.2) is 0 Å². The molecular weight excluding hydrogens is 324 g/mol. The molecule has 0 radical (unpaired) electrons. The molecule has 0 saturated heterocycles. The highest BCUT2D eigenvalue weighted by Crippen LogP contribution is 2.44.